The van der Waals surface area contributed by atoms with E-state index in [4.69, 9.17) is 4.74 Å². The van der Waals surface area contributed by atoms with E-state index in [2.05, 4.69) is 10.4 Å². The van der Waals surface area contributed by atoms with Crippen LogP contribution in [0.25, 0.3) is 0 Å². The van der Waals surface area contributed by atoms with Gasteiger partial charge in [-0.25, -0.2) is 9.69 Å². The van der Waals surface area contributed by atoms with Gasteiger partial charge in [0, 0.05) is 0 Å². The van der Waals surface area contributed by atoms with Gasteiger partial charge in [0.2, 0.25) is 5.91 Å². The average molecular weight is 316 g/mol. The maximum absolute atomic E-state index is 12.6. The van der Waals surface area contributed by atoms with Gasteiger partial charge in [-0.15, -0.1) is 15.1 Å². The monoisotopic (exact) mass is 316 g/mol. The van der Waals surface area contributed by atoms with Crippen LogP contribution in [0.1, 0.15) is 6.92 Å². The molecule has 2 aliphatic rings. The van der Waals surface area contributed by atoms with Gasteiger partial charge in [-0.3, -0.25) is 9.59 Å². The third-order valence-corrected chi connectivity index (χ3v) is 3.61. The Hall–Kier alpha value is -3.10. The number of nitrogens with zero attached hydrogens (tertiary/aromatic N) is 4. The molecule has 0 bridgehead atoms. The van der Waals surface area contributed by atoms with Crippen LogP contribution < -0.4 is 4.90 Å². The minimum atomic E-state index is -1.25. The van der Waals surface area contributed by atoms with Crippen LogP contribution in [-0.4, -0.2) is 41.3 Å². The van der Waals surface area contributed by atoms with Gasteiger partial charge in [-0.05, 0) is 19.1 Å². The SMILES string of the molecule is CCOC(=O)C1=NN(N=O)C2C(=O)N(c3ccccc3)C(=O)C12. The molecule has 0 N–H and O–H groups in total. The first-order valence-corrected chi connectivity index (χ1v) is 6.91. The Balaban J connectivity index is 2.01. The third-order valence-electron chi connectivity index (χ3n) is 3.61. The number of nitroso groups, excluding NO2 is 1. The number of rotatable bonds is 4. The second-order valence-electron chi connectivity index (χ2n) is 4.88. The van der Waals surface area contributed by atoms with Crippen LogP contribution in [-0.2, 0) is 19.1 Å². The maximum atomic E-state index is 12.6. The Kier molecular flexibility index (Phi) is 3.61. The number of benzene rings is 1. The maximum Gasteiger partial charge on any atom is 0.355 e. The summed E-state index contributed by atoms with van der Waals surface area (Å²) in [5.41, 5.74) is 0.0687. The number of anilines is 1. The van der Waals surface area contributed by atoms with Crippen molar-refractivity contribution in [2.45, 2.75) is 13.0 Å². The summed E-state index contributed by atoms with van der Waals surface area (Å²) in [4.78, 5) is 48.9. The number of imide groups is 1. The van der Waals surface area contributed by atoms with E-state index in [1.54, 1.807) is 37.3 Å². The van der Waals surface area contributed by atoms with Crippen molar-refractivity contribution >= 4 is 29.2 Å². The van der Waals surface area contributed by atoms with Crippen LogP contribution in [0.15, 0.2) is 40.7 Å². The number of hydrogen-bond donors (Lipinski definition) is 0. The third kappa shape index (κ3) is 2.17. The van der Waals surface area contributed by atoms with Gasteiger partial charge in [-0.1, -0.05) is 18.2 Å². The fraction of sp³-hybridized carbons (Fsp3) is 0.286. The Morgan fingerprint density at radius 1 is 1.26 bits per heavy atom. The van der Waals surface area contributed by atoms with Crippen LogP contribution in [0.4, 0.5) is 5.69 Å². The highest BCUT2D eigenvalue weighted by molar-refractivity contribution is 6.46. The molecule has 0 aromatic heterocycles. The molecule has 118 valence electrons. The standard InChI is InChI=1S/C14H12N4O5/c1-2-23-14(21)10-9-11(18(15-10)16-22)13(20)17(12(9)19)8-6-4-3-5-7-8/h3-7,9,11H,2H2,1H3. The lowest BCUT2D eigenvalue weighted by atomic mass is 9.98. The molecule has 2 amide bonds. The Morgan fingerprint density at radius 3 is 2.57 bits per heavy atom. The van der Waals surface area contributed by atoms with Crippen molar-refractivity contribution in [2.24, 2.45) is 16.3 Å². The molecule has 3 rings (SSSR count). The first-order valence-electron chi connectivity index (χ1n) is 6.91. The molecule has 1 saturated heterocycles. The molecule has 2 heterocycles. The molecule has 1 aromatic rings. The number of amides is 2. The van der Waals surface area contributed by atoms with E-state index in [1.165, 1.54) is 0 Å². The Bertz CT molecular complexity index is 717. The highest BCUT2D eigenvalue weighted by atomic mass is 16.5. The Labute approximate surface area is 130 Å². The lowest BCUT2D eigenvalue weighted by Crippen LogP contribution is -2.36. The zero-order chi connectivity index (χ0) is 16.6. The average Bonchev–Trinajstić information content (AvgIpc) is 3.06. The van der Waals surface area contributed by atoms with E-state index < -0.39 is 29.7 Å². The molecule has 2 unspecified atom stereocenters. The number of esters is 1. The summed E-state index contributed by atoms with van der Waals surface area (Å²) >= 11 is 0. The number of carbonyl (C=O) groups is 3. The predicted molar refractivity (Wildman–Crippen MR) is 77.9 cm³/mol. The van der Waals surface area contributed by atoms with E-state index in [9.17, 15) is 19.3 Å². The quantitative estimate of drug-likeness (QED) is 0.453. The van der Waals surface area contributed by atoms with E-state index >= 15 is 0 Å². The minimum absolute atomic E-state index is 0.0777. The molecule has 9 nitrogen and oxygen atoms in total. The van der Waals surface area contributed by atoms with Gasteiger partial charge >= 0.3 is 5.97 Å². The molecule has 1 aromatic carbocycles. The molecule has 1 fully saturated rings. The summed E-state index contributed by atoms with van der Waals surface area (Å²) in [6.45, 7) is 1.67. The first-order chi connectivity index (χ1) is 11.1. The van der Waals surface area contributed by atoms with Crippen molar-refractivity contribution in [2.75, 3.05) is 11.5 Å². The van der Waals surface area contributed by atoms with Crippen molar-refractivity contribution in [1.29, 1.82) is 0 Å². The topological polar surface area (TPSA) is 109 Å². The molecule has 0 aliphatic carbocycles. The van der Waals surface area contributed by atoms with Crippen LogP contribution in [0.5, 0.6) is 0 Å². The van der Waals surface area contributed by atoms with E-state index in [0.29, 0.717) is 10.8 Å². The summed E-state index contributed by atoms with van der Waals surface area (Å²) in [6.07, 6.45) is 0. The first kappa shape index (κ1) is 14.8. The number of para-hydroxylation sites is 1. The molecule has 9 heteroatoms. The second-order valence-corrected chi connectivity index (χ2v) is 4.88. The number of fused-ring (bicyclic) bond motifs is 1. The smallest absolute Gasteiger partial charge is 0.355 e. The number of hydrogen-bond acceptors (Lipinski definition) is 7. The summed E-state index contributed by atoms with van der Waals surface area (Å²) in [7, 11) is 0. The van der Waals surface area contributed by atoms with Gasteiger partial charge in [0.05, 0.1) is 17.6 Å². The lowest BCUT2D eigenvalue weighted by molar-refractivity contribution is -0.136. The molecule has 2 aliphatic heterocycles. The second kappa shape index (κ2) is 5.59. The van der Waals surface area contributed by atoms with Gasteiger partial charge in [0.25, 0.3) is 5.91 Å². The summed E-state index contributed by atoms with van der Waals surface area (Å²) in [5, 5.41) is 6.85. The fourth-order valence-electron chi connectivity index (χ4n) is 2.66. The molecule has 0 saturated carbocycles. The van der Waals surface area contributed by atoms with Crippen LogP contribution in [0.2, 0.25) is 0 Å². The van der Waals surface area contributed by atoms with E-state index in [1.807, 2.05) is 0 Å². The zero-order valence-electron chi connectivity index (χ0n) is 12.1. The minimum Gasteiger partial charge on any atom is -0.461 e. The molecule has 2 atom stereocenters. The summed E-state index contributed by atoms with van der Waals surface area (Å²) in [5.74, 6) is -3.33. The molecule has 23 heavy (non-hydrogen) atoms. The van der Waals surface area contributed by atoms with E-state index in [-0.39, 0.29) is 12.3 Å². The highest BCUT2D eigenvalue weighted by Gasteiger charge is 2.59. The van der Waals surface area contributed by atoms with Gasteiger partial charge in [0.1, 0.15) is 5.92 Å². The normalized spacial score (nSPS) is 22.9. The fourth-order valence-corrected chi connectivity index (χ4v) is 2.66. The number of carbonyl (C=O) groups excluding carboxylic acids is 3. The van der Waals surface area contributed by atoms with Crippen molar-refractivity contribution in [1.82, 2.24) is 5.12 Å². The summed E-state index contributed by atoms with van der Waals surface area (Å²) in [6, 6.07) is 6.98. The van der Waals surface area contributed by atoms with Crippen molar-refractivity contribution in [3.05, 3.63) is 35.2 Å². The van der Waals surface area contributed by atoms with Crippen molar-refractivity contribution < 1.29 is 19.1 Å². The van der Waals surface area contributed by atoms with Gasteiger partial charge < -0.3 is 4.74 Å². The Morgan fingerprint density at radius 2 is 1.96 bits per heavy atom. The number of hydrazone groups is 1. The highest BCUT2D eigenvalue weighted by Crippen LogP contribution is 2.35. The molecule has 0 spiro atoms. The molecular weight excluding hydrogens is 304 g/mol. The van der Waals surface area contributed by atoms with Crippen molar-refractivity contribution in [3.63, 3.8) is 0 Å². The van der Waals surface area contributed by atoms with Crippen molar-refractivity contribution in [3.8, 4) is 0 Å². The van der Waals surface area contributed by atoms with Gasteiger partial charge in [0.15, 0.2) is 11.8 Å². The van der Waals surface area contributed by atoms with Crippen LogP contribution in [0.3, 0.4) is 0 Å². The van der Waals surface area contributed by atoms with E-state index in [0.717, 1.165) is 4.90 Å². The van der Waals surface area contributed by atoms with Crippen LogP contribution >= 0.6 is 0 Å². The van der Waals surface area contributed by atoms with Gasteiger partial charge in [-0.2, -0.15) is 0 Å². The van der Waals surface area contributed by atoms with Crippen LogP contribution in [0, 0.1) is 10.8 Å². The number of ether oxygens (including phenoxy) is 1. The zero-order valence-corrected chi connectivity index (χ0v) is 12.1. The lowest BCUT2D eigenvalue weighted by Gasteiger charge is -2.16. The molecular formula is C14H12N4O5. The predicted octanol–water partition coefficient (Wildman–Crippen LogP) is 0.461. The largest absolute Gasteiger partial charge is 0.461 e. The molecule has 0 radical (unpaired) electrons. The summed E-state index contributed by atoms with van der Waals surface area (Å²) < 4.78 is 4.83.